The van der Waals surface area contributed by atoms with Crippen molar-refractivity contribution in [2.75, 3.05) is 26.3 Å². The summed E-state index contributed by atoms with van der Waals surface area (Å²) >= 11 is 0. The van der Waals surface area contributed by atoms with Crippen molar-refractivity contribution in [2.45, 2.75) is 6.92 Å². The van der Waals surface area contributed by atoms with Crippen LogP contribution in [0.3, 0.4) is 0 Å². The van der Waals surface area contributed by atoms with E-state index in [0.717, 1.165) is 11.1 Å². The summed E-state index contributed by atoms with van der Waals surface area (Å²) in [5, 5.41) is 12.6. The highest BCUT2D eigenvalue weighted by atomic mass is 16.5. The van der Waals surface area contributed by atoms with E-state index < -0.39 is 0 Å². The lowest BCUT2D eigenvalue weighted by atomic mass is 10.1. The Hall–Kier alpha value is -3.78. The van der Waals surface area contributed by atoms with Crippen LogP contribution in [0.25, 0.3) is 34.2 Å². The Balaban J connectivity index is 1.41. The SMILES string of the molecule is Cc1onc(-c2ccccc2)c1-c1nnc(-c2ccc(C(=O)N3CCOCC3)cc2)o1. The molecule has 0 N–H and O–H groups in total. The number of nitrogens with zero attached hydrogens (tertiary/aromatic N) is 4. The van der Waals surface area contributed by atoms with Crippen LogP contribution in [0.2, 0.25) is 0 Å². The molecule has 8 heteroatoms. The molecule has 2 aromatic heterocycles. The van der Waals surface area contributed by atoms with E-state index in [1.165, 1.54) is 0 Å². The molecule has 0 bridgehead atoms. The monoisotopic (exact) mass is 416 g/mol. The van der Waals surface area contributed by atoms with E-state index in [1.54, 1.807) is 17.0 Å². The summed E-state index contributed by atoms with van der Waals surface area (Å²) in [7, 11) is 0. The molecule has 4 aromatic rings. The topological polar surface area (TPSA) is 94.5 Å². The molecule has 2 aromatic carbocycles. The Kier molecular flexibility index (Phi) is 5.05. The van der Waals surface area contributed by atoms with Crippen LogP contribution in [0.5, 0.6) is 0 Å². The van der Waals surface area contributed by atoms with Crippen LogP contribution < -0.4 is 0 Å². The first-order valence-corrected chi connectivity index (χ1v) is 10.0. The van der Waals surface area contributed by atoms with Gasteiger partial charge in [-0.1, -0.05) is 35.5 Å². The van der Waals surface area contributed by atoms with Crippen molar-refractivity contribution in [1.82, 2.24) is 20.3 Å². The molecule has 5 rings (SSSR count). The van der Waals surface area contributed by atoms with E-state index in [-0.39, 0.29) is 5.91 Å². The smallest absolute Gasteiger partial charge is 0.254 e. The van der Waals surface area contributed by atoms with Crippen molar-refractivity contribution in [3.05, 3.63) is 65.9 Å². The fourth-order valence-electron chi connectivity index (χ4n) is 3.56. The Labute approximate surface area is 178 Å². The lowest BCUT2D eigenvalue weighted by Gasteiger charge is -2.26. The molecule has 3 heterocycles. The molecule has 1 amide bonds. The lowest BCUT2D eigenvalue weighted by molar-refractivity contribution is 0.0303. The number of hydrogen-bond acceptors (Lipinski definition) is 7. The second-order valence-corrected chi connectivity index (χ2v) is 7.22. The average Bonchev–Trinajstić information content (AvgIpc) is 3.46. The number of morpholine rings is 1. The molecule has 0 unspecified atom stereocenters. The number of benzene rings is 2. The van der Waals surface area contributed by atoms with Crippen LogP contribution in [0.1, 0.15) is 16.1 Å². The fourth-order valence-corrected chi connectivity index (χ4v) is 3.56. The maximum absolute atomic E-state index is 12.6. The Morgan fingerprint density at radius 3 is 2.35 bits per heavy atom. The maximum atomic E-state index is 12.6. The predicted octanol–water partition coefficient (Wildman–Crippen LogP) is 3.84. The third-order valence-corrected chi connectivity index (χ3v) is 5.23. The largest absolute Gasteiger partial charge is 0.416 e. The standard InChI is InChI=1S/C23H20N4O4/c1-15-19(20(26-31-15)16-5-3-2-4-6-16)22-25-24-21(30-22)17-7-9-18(10-8-17)23(28)27-11-13-29-14-12-27/h2-10H,11-14H2,1H3. The van der Waals surface area contributed by atoms with Crippen LogP contribution in [0.4, 0.5) is 0 Å². The molecule has 8 nitrogen and oxygen atoms in total. The van der Waals surface area contributed by atoms with E-state index >= 15 is 0 Å². The predicted molar refractivity (Wildman–Crippen MR) is 112 cm³/mol. The molecule has 1 aliphatic heterocycles. The van der Waals surface area contributed by atoms with Crippen molar-refractivity contribution < 1.29 is 18.5 Å². The summed E-state index contributed by atoms with van der Waals surface area (Å²) in [6.45, 7) is 4.17. The highest BCUT2D eigenvalue weighted by Gasteiger charge is 2.23. The van der Waals surface area contributed by atoms with Crippen molar-refractivity contribution in [3.8, 4) is 34.2 Å². The van der Waals surface area contributed by atoms with Gasteiger partial charge in [0.15, 0.2) is 0 Å². The molecule has 0 radical (unpaired) electrons. The zero-order valence-corrected chi connectivity index (χ0v) is 16.9. The summed E-state index contributed by atoms with van der Waals surface area (Å²) in [4.78, 5) is 14.4. The van der Waals surface area contributed by atoms with Gasteiger partial charge in [0, 0.05) is 29.8 Å². The minimum atomic E-state index is -0.00586. The zero-order chi connectivity index (χ0) is 21.2. The minimum Gasteiger partial charge on any atom is -0.416 e. The van der Waals surface area contributed by atoms with Gasteiger partial charge in [-0.05, 0) is 31.2 Å². The maximum Gasteiger partial charge on any atom is 0.254 e. The second kappa shape index (κ2) is 8.16. The van der Waals surface area contributed by atoms with Gasteiger partial charge in [-0.2, -0.15) is 0 Å². The fraction of sp³-hybridized carbons (Fsp3) is 0.217. The second-order valence-electron chi connectivity index (χ2n) is 7.22. The summed E-state index contributed by atoms with van der Waals surface area (Å²) in [6.07, 6.45) is 0. The summed E-state index contributed by atoms with van der Waals surface area (Å²) in [5.41, 5.74) is 3.57. The molecule has 0 aliphatic carbocycles. The van der Waals surface area contributed by atoms with Gasteiger partial charge in [-0.15, -0.1) is 10.2 Å². The molecule has 0 atom stereocenters. The normalized spacial score (nSPS) is 14.0. The van der Waals surface area contributed by atoms with Gasteiger partial charge >= 0.3 is 0 Å². The number of hydrogen-bond donors (Lipinski definition) is 0. The average molecular weight is 416 g/mol. The molecule has 31 heavy (non-hydrogen) atoms. The van der Waals surface area contributed by atoms with Gasteiger partial charge in [0.2, 0.25) is 5.89 Å². The highest BCUT2D eigenvalue weighted by Crippen LogP contribution is 2.34. The van der Waals surface area contributed by atoms with Gasteiger partial charge in [0.05, 0.1) is 13.2 Å². The first-order chi connectivity index (χ1) is 15.2. The molecule has 1 saturated heterocycles. The van der Waals surface area contributed by atoms with E-state index in [9.17, 15) is 4.79 Å². The Bertz CT molecular complexity index is 1190. The van der Waals surface area contributed by atoms with E-state index in [0.29, 0.717) is 60.7 Å². The van der Waals surface area contributed by atoms with Gasteiger partial charge in [-0.3, -0.25) is 4.79 Å². The number of rotatable bonds is 4. The quantitative estimate of drug-likeness (QED) is 0.499. The Morgan fingerprint density at radius 1 is 0.903 bits per heavy atom. The highest BCUT2D eigenvalue weighted by molar-refractivity contribution is 5.94. The van der Waals surface area contributed by atoms with Gasteiger partial charge < -0.3 is 18.6 Å². The van der Waals surface area contributed by atoms with Crippen LogP contribution in [-0.2, 0) is 4.74 Å². The van der Waals surface area contributed by atoms with Crippen molar-refractivity contribution in [3.63, 3.8) is 0 Å². The number of aryl methyl sites for hydroxylation is 1. The van der Waals surface area contributed by atoms with E-state index in [1.807, 2.05) is 49.4 Å². The number of carbonyl (C=O) groups is 1. The Morgan fingerprint density at radius 2 is 1.61 bits per heavy atom. The van der Waals surface area contributed by atoms with Gasteiger partial charge in [-0.25, -0.2) is 0 Å². The molecule has 0 spiro atoms. The number of ether oxygens (including phenoxy) is 1. The first kappa shape index (κ1) is 19.2. The van der Waals surface area contributed by atoms with E-state index in [4.69, 9.17) is 13.7 Å². The first-order valence-electron chi connectivity index (χ1n) is 10.0. The van der Waals surface area contributed by atoms with Crippen molar-refractivity contribution in [1.29, 1.82) is 0 Å². The van der Waals surface area contributed by atoms with Crippen molar-refractivity contribution >= 4 is 5.91 Å². The van der Waals surface area contributed by atoms with Gasteiger partial charge in [0.25, 0.3) is 11.8 Å². The molecule has 1 aliphatic rings. The van der Waals surface area contributed by atoms with E-state index in [2.05, 4.69) is 15.4 Å². The minimum absolute atomic E-state index is 0.00586. The zero-order valence-electron chi connectivity index (χ0n) is 16.9. The molecule has 0 saturated carbocycles. The molecular formula is C23H20N4O4. The van der Waals surface area contributed by atoms with Crippen LogP contribution >= 0.6 is 0 Å². The third kappa shape index (κ3) is 3.73. The van der Waals surface area contributed by atoms with Crippen molar-refractivity contribution in [2.24, 2.45) is 0 Å². The molecule has 156 valence electrons. The number of carbonyl (C=O) groups excluding carboxylic acids is 1. The molecular weight excluding hydrogens is 396 g/mol. The molecule has 1 fully saturated rings. The van der Waals surface area contributed by atoms with Crippen LogP contribution in [0.15, 0.2) is 63.5 Å². The van der Waals surface area contributed by atoms with Gasteiger partial charge in [0.1, 0.15) is 17.0 Å². The lowest BCUT2D eigenvalue weighted by Crippen LogP contribution is -2.40. The summed E-state index contributed by atoms with van der Waals surface area (Å²) in [5.74, 6) is 1.29. The summed E-state index contributed by atoms with van der Waals surface area (Å²) < 4.78 is 16.6. The van der Waals surface area contributed by atoms with Crippen LogP contribution in [0, 0.1) is 6.92 Å². The number of aromatic nitrogens is 3. The summed E-state index contributed by atoms with van der Waals surface area (Å²) in [6, 6.07) is 16.9. The third-order valence-electron chi connectivity index (χ3n) is 5.23. The van der Waals surface area contributed by atoms with Crippen LogP contribution in [-0.4, -0.2) is 52.5 Å². The number of amides is 1.